The third kappa shape index (κ3) is 22.4. The Bertz CT molecular complexity index is 2170. The van der Waals surface area contributed by atoms with E-state index < -0.39 is 11.9 Å². The maximum Gasteiger partial charge on any atom is 0.338 e. The summed E-state index contributed by atoms with van der Waals surface area (Å²) in [6, 6.07) is 38.6. The number of aliphatic hydroxyl groups excluding tert-OH is 1. The molecule has 0 fully saturated rings. The summed E-state index contributed by atoms with van der Waals surface area (Å²) >= 11 is 0. The molecular weight excluding hydrogens is 909 g/mol. The number of aliphatic hydroxyl groups is 1. The Labute approximate surface area is 428 Å². The van der Waals surface area contributed by atoms with Crippen molar-refractivity contribution in [2.24, 2.45) is 5.92 Å². The first-order chi connectivity index (χ1) is 35.2. The van der Waals surface area contributed by atoms with Crippen molar-refractivity contribution in [1.29, 1.82) is 0 Å². The number of ether oxygens (including phenoxy) is 8. The lowest BCUT2D eigenvalue weighted by molar-refractivity contribution is -0.130. The van der Waals surface area contributed by atoms with E-state index in [0.29, 0.717) is 81.9 Å². The lowest BCUT2D eigenvalue weighted by Crippen LogP contribution is -2.24. The van der Waals surface area contributed by atoms with Crippen molar-refractivity contribution >= 4 is 11.9 Å². The molecule has 5 aromatic rings. The van der Waals surface area contributed by atoms with Crippen molar-refractivity contribution < 1.29 is 52.6 Å². The SMILES string of the molecule is C=C(C)C(=O)Oc1ccc(-c2ccc(OCCCCCCCCOCC(COCCCCCCCCOc3ccc(-c4ccc(OC(=O)C(=C)C)cc4)cc3)COc3ccc(OCCCO)cc3)cc2)cc1. The summed E-state index contributed by atoms with van der Waals surface area (Å²) < 4.78 is 46.8. The maximum atomic E-state index is 11.8. The highest BCUT2D eigenvalue weighted by atomic mass is 16.5. The van der Waals surface area contributed by atoms with Crippen LogP contribution in [-0.2, 0) is 19.1 Å². The quantitative estimate of drug-likeness (QED) is 0.0177. The van der Waals surface area contributed by atoms with E-state index in [1.165, 1.54) is 12.8 Å². The molecule has 0 aliphatic rings. The van der Waals surface area contributed by atoms with Crippen LogP contribution in [0.2, 0.25) is 0 Å². The number of hydrogen-bond donors (Lipinski definition) is 1. The minimum atomic E-state index is -0.430. The van der Waals surface area contributed by atoms with Crippen LogP contribution in [0.15, 0.2) is 146 Å². The summed E-state index contributed by atoms with van der Waals surface area (Å²) in [5, 5.41) is 9.03. The second kappa shape index (κ2) is 33.3. The largest absolute Gasteiger partial charge is 0.494 e. The third-order valence-electron chi connectivity index (χ3n) is 11.7. The Morgan fingerprint density at radius 3 is 0.986 bits per heavy atom. The molecule has 11 nitrogen and oxygen atoms in total. The molecule has 72 heavy (non-hydrogen) atoms. The lowest BCUT2D eigenvalue weighted by Gasteiger charge is -2.18. The van der Waals surface area contributed by atoms with E-state index >= 15 is 0 Å². The van der Waals surface area contributed by atoms with Gasteiger partial charge in [-0.15, -0.1) is 0 Å². The van der Waals surface area contributed by atoms with Crippen LogP contribution in [0.25, 0.3) is 22.3 Å². The molecular formula is C61H76O11. The molecule has 5 rings (SSSR count). The van der Waals surface area contributed by atoms with Gasteiger partial charge in [-0.1, -0.05) is 113 Å². The van der Waals surface area contributed by atoms with Crippen molar-refractivity contribution in [3.8, 4) is 56.8 Å². The molecule has 0 heterocycles. The normalized spacial score (nSPS) is 11.0. The van der Waals surface area contributed by atoms with Gasteiger partial charge in [0.1, 0.15) is 34.5 Å². The van der Waals surface area contributed by atoms with Gasteiger partial charge in [-0.3, -0.25) is 0 Å². The van der Waals surface area contributed by atoms with E-state index in [1.54, 1.807) is 38.1 Å². The molecule has 0 unspecified atom stereocenters. The molecule has 0 amide bonds. The van der Waals surface area contributed by atoms with E-state index in [1.807, 2.05) is 97.1 Å². The second-order valence-corrected chi connectivity index (χ2v) is 18.1. The summed E-state index contributed by atoms with van der Waals surface area (Å²) in [7, 11) is 0. The van der Waals surface area contributed by atoms with Crippen LogP contribution in [0.3, 0.4) is 0 Å². The molecule has 0 saturated heterocycles. The van der Waals surface area contributed by atoms with Gasteiger partial charge in [0.15, 0.2) is 0 Å². The number of esters is 2. The molecule has 5 aromatic carbocycles. The molecule has 0 aromatic heterocycles. The smallest absolute Gasteiger partial charge is 0.338 e. The van der Waals surface area contributed by atoms with Gasteiger partial charge < -0.3 is 43.0 Å². The third-order valence-corrected chi connectivity index (χ3v) is 11.7. The van der Waals surface area contributed by atoms with E-state index in [-0.39, 0.29) is 12.5 Å². The second-order valence-electron chi connectivity index (χ2n) is 18.1. The van der Waals surface area contributed by atoms with Gasteiger partial charge in [0.25, 0.3) is 0 Å². The van der Waals surface area contributed by atoms with Crippen LogP contribution in [0.4, 0.5) is 0 Å². The first-order valence-electron chi connectivity index (χ1n) is 25.7. The Kier molecular flexibility index (Phi) is 26.1. The van der Waals surface area contributed by atoms with Crippen molar-refractivity contribution in [2.75, 3.05) is 59.5 Å². The van der Waals surface area contributed by atoms with Crippen molar-refractivity contribution in [2.45, 2.75) is 97.3 Å². The molecule has 1 N–H and O–H groups in total. The lowest BCUT2D eigenvalue weighted by atomic mass is 10.1. The standard InChI is InChI=1S/C61H76O11/c1-47(2)60(63)71-58-30-22-52(23-31-58)50-18-26-54(27-19-50)67-41-15-11-7-5-9-13-39-65-44-49(46-70-57-36-34-56(35-37-57)69-43-17-38-62)45-66-40-14-10-6-8-12-16-42-68-55-28-20-51(21-29-55)53-24-32-59(33-25-53)72-61(64)48(3)4/h18-37,49,62H,1,3,5-17,38-46H2,2,4H3. The van der Waals surface area contributed by atoms with Gasteiger partial charge in [-0.05, 0) is 135 Å². The van der Waals surface area contributed by atoms with Crippen molar-refractivity contribution in [3.05, 3.63) is 146 Å². The Morgan fingerprint density at radius 2 is 0.653 bits per heavy atom. The highest BCUT2D eigenvalue weighted by Crippen LogP contribution is 2.27. The van der Waals surface area contributed by atoms with Gasteiger partial charge in [-0.25, -0.2) is 9.59 Å². The number of unbranched alkanes of at least 4 members (excludes halogenated alkanes) is 10. The van der Waals surface area contributed by atoms with Crippen molar-refractivity contribution in [1.82, 2.24) is 0 Å². The first kappa shape index (κ1) is 56.5. The van der Waals surface area contributed by atoms with Crippen LogP contribution in [-0.4, -0.2) is 76.5 Å². The van der Waals surface area contributed by atoms with Gasteiger partial charge in [0.05, 0.1) is 39.6 Å². The molecule has 0 atom stereocenters. The molecule has 0 bridgehead atoms. The molecule has 0 aliphatic heterocycles. The number of rotatable bonds is 37. The van der Waals surface area contributed by atoms with Gasteiger partial charge in [0.2, 0.25) is 0 Å². The summed E-state index contributed by atoms with van der Waals surface area (Å²) in [4.78, 5) is 23.5. The summed E-state index contributed by atoms with van der Waals surface area (Å²) in [6.07, 6.45) is 13.8. The minimum absolute atomic E-state index is 0.105. The van der Waals surface area contributed by atoms with E-state index in [9.17, 15) is 9.59 Å². The van der Waals surface area contributed by atoms with Crippen LogP contribution in [0.1, 0.15) is 97.3 Å². The number of carbonyl (C=O) groups is 2. The van der Waals surface area contributed by atoms with Crippen LogP contribution in [0.5, 0.6) is 34.5 Å². The molecule has 0 spiro atoms. The predicted octanol–water partition coefficient (Wildman–Crippen LogP) is 13.6. The topological polar surface area (TPSA) is 128 Å². The number of carbonyl (C=O) groups excluding carboxylic acids is 2. The summed E-state index contributed by atoms with van der Waals surface area (Å²) in [5.41, 5.74) is 4.91. The highest BCUT2D eigenvalue weighted by molar-refractivity contribution is 5.89. The van der Waals surface area contributed by atoms with E-state index in [4.69, 9.17) is 43.0 Å². The van der Waals surface area contributed by atoms with E-state index in [2.05, 4.69) is 13.2 Å². The fraction of sp³-hybridized carbons (Fsp3) is 0.410. The molecule has 0 aliphatic carbocycles. The zero-order valence-electron chi connectivity index (χ0n) is 42.6. The average molecular weight is 985 g/mol. The fourth-order valence-corrected chi connectivity index (χ4v) is 7.46. The van der Waals surface area contributed by atoms with Crippen molar-refractivity contribution in [3.63, 3.8) is 0 Å². The van der Waals surface area contributed by atoms with Gasteiger partial charge >= 0.3 is 11.9 Å². The Hall–Kier alpha value is -6.40. The van der Waals surface area contributed by atoms with Gasteiger partial charge in [0, 0.05) is 43.3 Å². The molecule has 11 heteroatoms. The predicted molar refractivity (Wildman–Crippen MR) is 285 cm³/mol. The zero-order chi connectivity index (χ0) is 51.0. The monoisotopic (exact) mass is 985 g/mol. The highest BCUT2D eigenvalue weighted by Gasteiger charge is 2.13. The minimum Gasteiger partial charge on any atom is -0.494 e. The summed E-state index contributed by atoms with van der Waals surface area (Å²) in [6.45, 7) is 15.5. The molecule has 0 saturated carbocycles. The van der Waals surface area contributed by atoms with Gasteiger partial charge in [-0.2, -0.15) is 0 Å². The maximum absolute atomic E-state index is 11.8. The van der Waals surface area contributed by atoms with Crippen LogP contribution in [0, 0.1) is 5.92 Å². The first-order valence-corrected chi connectivity index (χ1v) is 25.7. The Morgan fingerprint density at radius 1 is 0.375 bits per heavy atom. The summed E-state index contributed by atoms with van der Waals surface area (Å²) in [5.74, 6) is 3.47. The fourth-order valence-electron chi connectivity index (χ4n) is 7.46. The Balaban J connectivity index is 0.893. The zero-order valence-corrected chi connectivity index (χ0v) is 42.6. The van der Waals surface area contributed by atoms with Crippen LogP contribution >= 0.6 is 0 Å². The van der Waals surface area contributed by atoms with Crippen LogP contribution < -0.4 is 28.4 Å². The number of benzene rings is 5. The van der Waals surface area contributed by atoms with E-state index in [0.717, 1.165) is 109 Å². The average Bonchev–Trinajstić information content (AvgIpc) is 3.39. The molecule has 0 radical (unpaired) electrons. The molecule has 386 valence electrons. The number of hydrogen-bond acceptors (Lipinski definition) is 11.